The number of hydrogen-bond acceptors (Lipinski definition) is 4. The molecule has 0 radical (unpaired) electrons. The van der Waals surface area contributed by atoms with Crippen LogP contribution in [0.5, 0.6) is 5.75 Å². The van der Waals surface area contributed by atoms with E-state index in [1.807, 2.05) is 30.3 Å². The van der Waals surface area contributed by atoms with Gasteiger partial charge in [-0.15, -0.1) is 0 Å². The lowest BCUT2D eigenvalue weighted by Crippen LogP contribution is -2.07. The first-order valence-corrected chi connectivity index (χ1v) is 6.69. The molecule has 1 N–H and O–H groups in total. The van der Waals surface area contributed by atoms with Crippen molar-refractivity contribution in [2.45, 2.75) is 19.6 Å². The molecule has 0 bridgehead atoms. The minimum atomic E-state index is -0.343. The van der Waals surface area contributed by atoms with Crippen LogP contribution in [0.25, 0.3) is 0 Å². The van der Waals surface area contributed by atoms with Crippen molar-refractivity contribution in [2.75, 3.05) is 7.11 Å². The van der Waals surface area contributed by atoms with Gasteiger partial charge in [0.15, 0.2) is 0 Å². The normalized spacial score (nSPS) is 10.2. The summed E-state index contributed by atoms with van der Waals surface area (Å²) in [6, 6.07) is 15.1. The van der Waals surface area contributed by atoms with E-state index in [1.54, 1.807) is 18.2 Å². The van der Waals surface area contributed by atoms with Gasteiger partial charge in [-0.25, -0.2) is 0 Å². The van der Waals surface area contributed by atoms with Crippen LogP contribution in [0.3, 0.4) is 0 Å². The SMILES string of the molecule is COC(=O)Cc1cc(OCc2ccccc2)ccc1CO. The molecule has 0 aliphatic rings. The Kier molecular flexibility index (Phi) is 5.35. The molecule has 21 heavy (non-hydrogen) atoms. The van der Waals surface area contributed by atoms with Crippen LogP contribution in [0.4, 0.5) is 0 Å². The van der Waals surface area contributed by atoms with Gasteiger partial charge in [0.25, 0.3) is 0 Å². The first-order valence-electron chi connectivity index (χ1n) is 6.69. The van der Waals surface area contributed by atoms with Crippen LogP contribution in [-0.4, -0.2) is 18.2 Å². The van der Waals surface area contributed by atoms with Gasteiger partial charge in [-0.1, -0.05) is 36.4 Å². The number of ether oxygens (including phenoxy) is 2. The summed E-state index contributed by atoms with van der Waals surface area (Å²) in [5, 5.41) is 9.31. The summed E-state index contributed by atoms with van der Waals surface area (Å²) in [6.07, 6.45) is 0.120. The number of aliphatic hydroxyl groups excluding tert-OH is 1. The fraction of sp³-hybridized carbons (Fsp3) is 0.235. The van der Waals surface area contributed by atoms with Gasteiger partial charge in [0, 0.05) is 0 Å². The zero-order chi connectivity index (χ0) is 15.1. The van der Waals surface area contributed by atoms with Crippen molar-refractivity contribution >= 4 is 5.97 Å². The lowest BCUT2D eigenvalue weighted by molar-refractivity contribution is -0.139. The lowest BCUT2D eigenvalue weighted by Gasteiger charge is -2.11. The summed E-state index contributed by atoms with van der Waals surface area (Å²) in [5.41, 5.74) is 2.49. The van der Waals surface area contributed by atoms with Gasteiger partial charge >= 0.3 is 5.97 Å². The van der Waals surface area contributed by atoms with Crippen LogP contribution in [0.1, 0.15) is 16.7 Å². The highest BCUT2D eigenvalue weighted by atomic mass is 16.5. The predicted octanol–water partition coefficient (Wildman–Crippen LogP) is 2.47. The summed E-state index contributed by atoms with van der Waals surface area (Å²) in [4.78, 5) is 11.4. The third-order valence-electron chi connectivity index (χ3n) is 3.16. The topological polar surface area (TPSA) is 55.8 Å². The molecule has 0 heterocycles. The van der Waals surface area contributed by atoms with E-state index in [0.29, 0.717) is 17.9 Å². The van der Waals surface area contributed by atoms with Gasteiger partial charge in [-0.3, -0.25) is 4.79 Å². The van der Waals surface area contributed by atoms with Crippen LogP contribution in [0.15, 0.2) is 48.5 Å². The van der Waals surface area contributed by atoms with Crippen molar-refractivity contribution in [1.29, 1.82) is 0 Å². The lowest BCUT2D eigenvalue weighted by atomic mass is 10.0. The molecule has 0 unspecified atom stereocenters. The third kappa shape index (κ3) is 4.33. The maximum atomic E-state index is 11.4. The molecular weight excluding hydrogens is 268 g/mol. The molecule has 0 saturated carbocycles. The molecule has 0 fully saturated rings. The first-order chi connectivity index (χ1) is 10.2. The maximum absolute atomic E-state index is 11.4. The molecule has 0 spiro atoms. The zero-order valence-corrected chi connectivity index (χ0v) is 11.9. The summed E-state index contributed by atoms with van der Waals surface area (Å²) in [5.74, 6) is 0.319. The second kappa shape index (κ2) is 7.45. The molecule has 0 saturated heterocycles. The average Bonchev–Trinajstić information content (AvgIpc) is 2.54. The second-order valence-electron chi connectivity index (χ2n) is 4.62. The van der Waals surface area contributed by atoms with Crippen molar-refractivity contribution < 1.29 is 19.4 Å². The number of carbonyl (C=O) groups excluding carboxylic acids is 1. The smallest absolute Gasteiger partial charge is 0.309 e. The largest absolute Gasteiger partial charge is 0.489 e. The van der Waals surface area contributed by atoms with Crippen molar-refractivity contribution in [3.63, 3.8) is 0 Å². The Hall–Kier alpha value is -2.33. The Labute approximate surface area is 123 Å². The standard InChI is InChI=1S/C17H18O4/c1-20-17(19)10-15-9-16(8-7-14(15)11-18)21-12-13-5-3-2-4-6-13/h2-9,18H,10-12H2,1H3. The first kappa shape index (κ1) is 15.1. The molecule has 110 valence electrons. The van der Waals surface area contributed by atoms with Crippen molar-refractivity contribution in [1.82, 2.24) is 0 Å². The number of carbonyl (C=O) groups is 1. The van der Waals surface area contributed by atoms with E-state index in [9.17, 15) is 9.90 Å². The van der Waals surface area contributed by atoms with Gasteiger partial charge < -0.3 is 14.6 Å². The molecule has 2 aromatic rings. The van der Waals surface area contributed by atoms with Crippen molar-refractivity contribution in [3.05, 3.63) is 65.2 Å². The minimum absolute atomic E-state index is 0.120. The minimum Gasteiger partial charge on any atom is -0.489 e. The summed E-state index contributed by atoms with van der Waals surface area (Å²) >= 11 is 0. The van der Waals surface area contributed by atoms with Gasteiger partial charge in [-0.2, -0.15) is 0 Å². The maximum Gasteiger partial charge on any atom is 0.309 e. The van der Waals surface area contributed by atoms with Crippen LogP contribution in [0.2, 0.25) is 0 Å². The van der Waals surface area contributed by atoms with E-state index in [1.165, 1.54) is 7.11 Å². The number of benzene rings is 2. The van der Waals surface area contributed by atoms with E-state index in [-0.39, 0.29) is 19.0 Å². The van der Waals surface area contributed by atoms with E-state index in [4.69, 9.17) is 4.74 Å². The molecular formula is C17H18O4. The summed E-state index contributed by atoms with van der Waals surface area (Å²) in [7, 11) is 1.34. The van der Waals surface area contributed by atoms with Crippen LogP contribution >= 0.6 is 0 Å². The number of rotatable bonds is 6. The fourth-order valence-corrected chi connectivity index (χ4v) is 1.98. The second-order valence-corrected chi connectivity index (χ2v) is 4.62. The van der Waals surface area contributed by atoms with Gasteiger partial charge in [-0.05, 0) is 28.8 Å². The summed E-state index contributed by atoms with van der Waals surface area (Å²) in [6.45, 7) is 0.336. The fourth-order valence-electron chi connectivity index (χ4n) is 1.98. The quantitative estimate of drug-likeness (QED) is 0.829. The Bertz CT molecular complexity index is 593. The van der Waals surface area contributed by atoms with Gasteiger partial charge in [0.1, 0.15) is 12.4 Å². The monoisotopic (exact) mass is 286 g/mol. The molecule has 4 heteroatoms. The Balaban J connectivity index is 2.09. The Morgan fingerprint density at radius 2 is 1.86 bits per heavy atom. The number of esters is 1. The van der Waals surface area contributed by atoms with Crippen LogP contribution in [-0.2, 0) is 29.2 Å². The van der Waals surface area contributed by atoms with E-state index in [0.717, 1.165) is 11.1 Å². The molecule has 2 rings (SSSR count). The highest BCUT2D eigenvalue weighted by molar-refractivity contribution is 5.73. The van der Waals surface area contributed by atoms with Crippen molar-refractivity contribution in [3.8, 4) is 5.75 Å². The molecule has 0 amide bonds. The van der Waals surface area contributed by atoms with E-state index < -0.39 is 0 Å². The van der Waals surface area contributed by atoms with Gasteiger partial charge in [0.05, 0.1) is 20.1 Å². The average molecular weight is 286 g/mol. The molecule has 0 aliphatic heterocycles. The molecule has 0 aromatic heterocycles. The number of aliphatic hydroxyl groups is 1. The third-order valence-corrected chi connectivity index (χ3v) is 3.16. The molecule has 0 atom stereocenters. The van der Waals surface area contributed by atoms with E-state index >= 15 is 0 Å². The molecule has 4 nitrogen and oxygen atoms in total. The highest BCUT2D eigenvalue weighted by Gasteiger charge is 2.09. The van der Waals surface area contributed by atoms with Crippen LogP contribution in [0, 0.1) is 0 Å². The highest BCUT2D eigenvalue weighted by Crippen LogP contribution is 2.20. The molecule has 0 aliphatic carbocycles. The Morgan fingerprint density at radius 1 is 1.10 bits per heavy atom. The van der Waals surface area contributed by atoms with Crippen molar-refractivity contribution in [2.24, 2.45) is 0 Å². The van der Waals surface area contributed by atoms with Crippen LogP contribution < -0.4 is 4.74 Å². The van der Waals surface area contributed by atoms with E-state index in [2.05, 4.69) is 4.74 Å². The van der Waals surface area contributed by atoms with Gasteiger partial charge in [0.2, 0.25) is 0 Å². The zero-order valence-electron chi connectivity index (χ0n) is 11.9. The predicted molar refractivity (Wildman–Crippen MR) is 78.9 cm³/mol. The number of hydrogen-bond donors (Lipinski definition) is 1. The molecule has 2 aromatic carbocycles. The Morgan fingerprint density at radius 3 is 2.52 bits per heavy atom. The summed E-state index contributed by atoms with van der Waals surface area (Å²) < 4.78 is 10.4. The number of methoxy groups -OCH3 is 1.